The third-order valence-corrected chi connectivity index (χ3v) is 5.61. The quantitative estimate of drug-likeness (QED) is 0.633. The highest BCUT2D eigenvalue weighted by molar-refractivity contribution is 6.62. The van der Waals surface area contributed by atoms with Gasteiger partial charge in [-0.1, -0.05) is 6.92 Å². The van der Waals surface area contributed by atoms with E-state index in [2.05, 4.69) is 0 Å². The fourth-order valence-corrected chi connectivity index (χ4v) is 4.28. The van der Waals surface area contributed by atoms with Crippen molar-refractivity contribution in [3.8, 4) is 0 Å². The summed E-state index contributed by atoms with van der Waals surface area (Å²) in [6.07, 6.45) is 0.00617. The van der Waals surface area contributed by atoms with Gasteiger partial charge in [-0.15, -0.1) is 0 Å². The van der Waals surface area contributed by atoms with Crippen LogP contribution in [-0.4, -0.2) is 39.7 Å². The van der Waals surface area contributed by atoms with E-state index in [0.29, 0.717) is 19.8 Å². The summed E-state index contributed by atoms with van der Waals surface area (Å²) >= 11 is 0. The Morgan fingerprint density at radius 3 is 1.75 bits per heavy atom. The molecular formula is C10H22O5Si. The van der Waals surface area contributed by atoms with Crippen molar-refractivity contribution in [3.63, 3.8) is 0 Å². The third kappa shape index (κ3) is 4.61. The van der Waals surface area contributed by atoms with E-state index >= 15 is 0 Å². The number of hydrogen-bond acceptors (Lipinski definition) is 4. The minimum absolute atomic E-state index is 0.00617. The van der Waals surface area contributed by atoms with E-state index in [1.54, 1.807) is 6.92 Å². The molecule has 0 heterocycles. The molecule has 0 fully saturated rings. The Balaban J connectivity index is 4.74. The van der Waals surface area contributed by atoms with Gasteiger partial charge in [0.2, 0.25) is 0 Å². The standard InChI is InChI=1S/C10H22O5Si/c1-5-13-16(14-6-2,15-7-3)9(4)8-10(11)12/h9H,5-8H2,1-4H3,(H,11,12). The number of carbonyl (C=O) groups is 1. The fourth-order valence-electron chi connectivity index (χ4n) is 1.54. The summed E-state index contributed by atoms with van der Waals surface area (Å²) < 4.78 is 16.8. The lowest BCUT2D eigenvalue weighted by Crippen LogP contribution is -2.50. The van der Waals surface area contributed by atoms with E-state index < -0.39 is 14.8 Å². The molecule has 1 atom stereocenters. The van der Waals surface area contributed by atoms with E-state index in [1.807, 2.05) is 20.8 Å². The zero-order chi connectivity index (χ0) is 12.6. The second-order valence-corrected chi connectivity index (χ2v) is 6.46. The van der Waals surface area contributed by atoms with Gasteiger partial charge in [0, 0.05) is 25.4 Å². The Bertz CT molecular complexity index is 192. The summed E-state index contributed by atoms with van der Waals surface area (Å²) in [7, 11) is -2.84. The highest BCUT2D eigenvalue weighted by Crippen LogP contribution is 2.28. The number of carboxylic acid groups (broad SMARTS) is 1. The van der Waals surface area contributed by atoms with Crippen molar-refractivity contribution in [2.24, 2.45) is 0 Å². The lowest BCUT2D eigenvalue weighted by Gasteiger charge is -2.32. The first-order valence-corrected chi connectivity index (χ1v) is 7.46. The van der Waals surface area contributed by atoms with E-state index in [-0.39, 0.29) is 12.0 Å². The fraction of sp³-hybridized carbons (Fsp3) is 0.900. The van der Waals surface area contributed by atoms with Crippen molar-refractivity contribution in [1.82, 2.24) is 0 Å². The first kappa shape index (κ1) is 15.6. The van der Waals surface area contributed by atoms with E-state index in [4.69, 9.17) is 18.4 Å². The summed E-state index contributed by atoms with van der Waals surface area (Å²) in [5, 5.41) is 8.81. The first-order chi connectivity index (χ1) is 7.52. The number of hydrogen-bond donors (Lipinski definition) is 1. The Labute approximate surface area is 98.1 Å². The molecular weight excluding hydrogens is 228 g/mol. The molecule has 0 aromatic heterocycles. The van der Waals surface area contributed by atoms with Gasteiger partial charge in [-0.2, -0.15) is 0 Å². The summed E-state index contributed by atoms with van der Waals surface area (Å²) in [6.45, 7) is 8.78. The molecule has 0 saturated heterocycles. The molecule has 0 spiro atoms. The van der Waals surface area contributed by atoms with Gasteiger partial charge in [0.05, 0.1) is 6.42 Å². The number of rotatable bonds is 9. The maximum absolute atomic E-state index is 10.7. The van der Waals surface area contributed by atoms with Crippen LogP contribution in [0.25, 0.3) is 0 Å². The van der Waals surface area contributed by atoms with Crippen molar-refractivity contribution in [1.29, 1.82) is 0 Å². The lowest BCUT2D eigenvalue weighted by molar-refractivity contribution is -0.137. The van der Waals surface area contributed by atoms with Crippen molar-refractivity contribution >= 4 is 14.8 Å². The average Bonchev–Trinajstić information content (AvgIpc) is 2.17. The molecule has 6 heteroatoms. The van der Waals surface area contributed by atoms with Gasteiger partial charge in [-0.25, -0.2) is 0 Å². The SMILES string of the molecule is CCO[Si](OCC)(OCC)C(C)CC(=O)O. The van der Waals surface area contributed by atoms with Crippen LogP contribution in [0.15, 0.2) is 0 Å². The molecule has 96 valence electrons. The molecule has 0 aromatic rings. The van der Waals surface area contributed by atoms with E-state index in [0.717, 1.165) is 0 Å². The van der Waals surface area contributed by atoms with Crippen LogP contribution in [0.2, 0.25) is 5.54 Å². The molecule has 0 bridgehead atoms. The smallest absolute Gasteiger partial charge is 0.481 e. The molecule has 1 unspecified atom stereocenters. The molecule has 0 aliphatic carbocycles. The second-order valence-electron chi connectivity index (χ2n) is 3.40. The summed E-state index contributed by atoms with van der Waals surface area (Å²) in [4.78, 5) is 10.7. The molecule has 0 rings (SSSR count). The van der Waals surface area contributed by atoms with Crippen LogP contribution in [0.1, 0.15) is 34.1 Å². The summed E-state index contributed by atoms with van der Waals surface area (Å²) in [6, 6.07) is 0. The van der Waals surface area contributed by atoms with Crippen molar-refractivity contribution in [2.45, 2.75) is 39.7 Å². The Morgan fingerprint density at radius 2 is 1.50 bits per heavy atom. The second kappa shape index (κ2) is 7.78. The Hall–Kier alpha value is -0.433. The maximum atomic E-state index is 10.7. The zero-order valence-corrected chi connectivity index (χ0v) is 11.5. The van der Waals surface area contributed by atoms with Gasteiger partial charge < -0.3 is 18.4 Å². The molecule has 0 aliphatic rings. The highest BCUT2D eigenvalue weighted by Gasteiger charge is 2.47. The van der Waals surface area contributed by atoms with Gasteiger partial charge in [-0.3, -0.25) is 4.79 Å². The number of carboxylic acids is 1. The van der Waals surface area contributed by atoms with Crippen LogP contribution in [0.4, 0.5) is 0 Å². The molecule has 1 N–H and O–H groups in total. The van der Waals surface area contributed by atoms with Gasteiger partial charge in [-0.05, 0) is 20.8 Å². The highest BCUT2D eigenvalue weighted by atomic mass is 28.4. The van der Waals surface area contributed by atoms with Crippen LogP contribution in [0, 0.1) is 0 Å². The van der Waals surface area contributed by atoms with E-state index in [1.165, 1.54) is 0 Å². The average molecular weight is 250 g/mol. The van der Waals surface area contributed by atoms with Crippen molar-refractivity contribution in [2.75, 3.05) is 19.8 Å². The largest absolute Gasteiger partial charge is 0.504 e. The molecule has 0 saturated carbocycles. The molecule has 0 aliphatic heterocycles. The Kier molecular flexibility index (Phi) is 7.57. The summed E-state index contributed by atoms with van der Waals surface area (Å²) in [5.41, 5.74) is -0.232. The lowest BCUT2D eigenvalue weighted by atomic mass is 10.3. The van der Waals surface area contributed by atoms with Crippen LogP contribution in [-0.2, 0) is 18.1 Å². The maximum Gasteiger partial charge on any atom is 0.504 e. The molecule has 0 amide bonds. The topological polar surface area (TPSA) is 65.0 Å². The predicted molar refractivity (Wildman–Crippen MR) is 62.3 cm³/mol. The predicted octanol–water partition coefficient (Wildman–Crippen LogP) is 1.90. The van der Waals surface area contributed by atoms with Crippen LogP contribution < -0.4 is 0 Å². The third-order valence-electron chi connectivity index (χ3n) is 2.12. The van der Waals surface area contributed by atoms with Gasteiger partial charge >= 0.3 is 14.8 Å². The minimum Gasteiger partial charge on any atom is -0.481 e. The van der Waals surface area contributed by atoms with Crippen LogP contribution in [0.5, 0.6) is 0 Å². The first-order valence-electron chi connectivity index (χ1n) is 5.66. The molecule has 0 radical (unpaired) electrons. The van der Waals surface area contributed by atoms with Gasteiger partial charge in [0.15, 0.2) is 0 Å². The van der Waals surface area contributed by atoms with Crippen LogP contribution >= 0.6 is 0 Å². The normalized spacial score (nSPS) is 13.8. The Morgan fingerprint density at radius 1 is 1.12 bits per heavy atom. The molecule has 16 heavy (non-hydrogen) atoms. The van der Waals surface area contributed by atoms with Crippen LogP contribution in [0.3, 0.4) is 0 Å². The summed E-state index contributed by atoms with van der Waals surface area (Å²) in [5.74, 6) is -0.858. The van der Waals surface area contributed by atoms with E-state index in [9.17, 15) is 4.79 Å². The minimum atomic E-state index is -2.84. The molecule has 5 nitrogen and oxygen atoms in total. The molecule has 0 aromatic carbocycles. The number of aliphatic carboxylic acids is 1. The van der Waals surface area contributed by atoms with Crippen molar-refractivity contribution < 1.29 is 23.2 Å². The monoisotopic (exact) mass is 250 g/mol. The zero-order valence-electron chi connectivity index (χ0n) is 10.5. The van der Waals surface area contributed by atoms with Crippen molar-refractivity contribution in [3.05, 3.63) is 0 Å². The van der Waals surface area contributed by atoms with Gasteiger partial charge in [0.25, 0.3) is 0 Å². The van der Waals surface area contributed by atoms with Gasteiger partial charge in [0.1, 0.15) is 0 Å².